The van der Waals surface area contributed by atoms with Crippen LogP contribution in [0, 0.1) is 5.41 Å². The van der Waals surface area contributed by atoms with Crippen LogP contribution >= 0.6 is 23.2 Å². The standard InChI is InChI=1S/C15H20Cl2O2/c1-5-19-14(15(2,3)4)13(18)8-10-6-7-11(16)9-12(10)17/h6-7,9,14H,5,8H2,1-4H3. The molecule has 0 fully saturated rings. The largest absolute Gasteiger partial charge is 0.370 e. The van der Waals surface area contributed by atoms with Gasteiger partial charge < -0.3 is 4.74 Å². The molecule has 0 saturated carbocycles. The second kappa shape index (κ2) is 6.74. The molecule has 4 heteroatoms. The molecule has 1 rings (SSSR count). The van der Waals surface area contributed by atoms with E-state index in [2.05, 4.69) is 0 Å². The van der Waals surface area contributed by atoms with Crippen LogP contribution in [-0.4, -0.2) is 18.5 Å². The Hall–Kier alpha value is -0.570. The molecule has 0 heterocycles. The third-order valence-electron chi connectivity index (χ3n) is 2.79. The van der Waals surface area contributed by atoms with Gasteiger partial charge in [-0.25, -0.2) is 0 Å². The number of hydrogen-bond donors (Lipinski definition) is 0. The molecule has 0 saturated heterocycles. The lowest BCUT2D eigenvalue weighted by atomic mass is 9.84. The second-order valence-corrected chi connectivity index (χ2v) is 6.42. The minimum Gasteiger partial charge on any atom is -0.370 e. The van der Waals surface area contributed by atoms with Crippen LogP contribution < -0.4 is 0 Å². The Bertz CT molecular complexity index is 450. The molecule has 0 bridgehead atoms. The van der Waals surface area contributed by atoms with E-state index in [0.717, 1.165) is 5.56 Å². The number of carbonyl (C=O) groups is 1. The lowest BCUT2D eigenvalue weighted by Gasteiger charge is -2.29. The van der Waals surface area contributed by atoms with Crippen molar-refractivity contribution in [1.82, 2.24) is 0 Å². The summed E-state index contributed by atoms with van der Waals surface area (Å²) in [5, 5.41) is 1.09. The maximum Gasteiger partial charge on any atom is 0.166 e. The highest BCUT2D eigenvalue weighted by atomic mass is 35.5. The van der Waals surface area contributed by atoms with Gasteiger partial charge in [-0.15, -0.1) is 0 Å². The molecule has 0 aliphatic carbocycles. The summed E-state index contributed by atoms with van der Waals surface area (Å²) in [6.45, 7) is 8.39. The van der Waals surface area contributed by atoms with Crippen molar-refractivity contribution in [2.24, 2.45) is 5.41 Å². The molecule has 2 nitrogen and oxygen atoms in total. The van der Waals surface area contributed by atoms with Crippen molar-refractivity contribution in [3.63, 3.8) is 0 Å². The minimum atomic E-state index is -0.427. The van der Waals surface area contributed by atoms with E-state index >= 15 is 0 Å². The SMILES string of the molecule is CCOC(C(=O)Cc1ccc(Cl)cc1Cl)C(C)(C)C. The van der Waals surface area contributed by atoms with Crippen molar-refractivity contribution in [2.45, 2.75) is 40.2 Å². The van der Waals surface area contributed by atoms with Crippen LogP contribution in [0.3, 0.4) is 0 Å². The van der Waals surface area contributed by atoms with Crippen molar-refractivity contribution >= 4 is 29.0 Å². The lowest BCUT2D eigenvalue weighted by molar-refractivity contribution is -0.136. The number of benzene rings is 1. The van der Waals surface area contributed by atoms with Gasteiger partial charge in [0.15, 0.2) is 5.78 Å². The molecule has 1 aromatic rings. The van der Waals surface area contributed by atoms with Gasteiger partial charge in [0.2, 0.25) is 0 Å². The van der Waals surface area contributed by atoms with Crippen molar-refractivity contribution in [2.75, 3.05) is 6.61 Å². The highest BCUT2D eigenvalue weighted by molar-refractivity contribution is 6.35. The zero-order valence-electron chi connectivity index (χ0n) is 11.8. The van der Waals surface area contributed by atoms with Gasteiger partial charge in [-0.05, 0) is 30.0 Å². The van der Waals surface area contributed by atoms with Gasteiger partial charge in [0.1, 0.15) is 6.10 Å². The summed E-state index contributed by atoms with van der Waals surface area (Å²) in [5.41, 5.74) is 0.552. The fourth-order valence-electron chi connectivity index (χ4n) is 1.94. The van der Waals surface area contributed by atoms with Crippen LogP contribution in [0.2, 0.25) is 10.0 Å². The van der Waals surface area contributed by atoms with Crippen molar-refractivity contribution < 1.29 is 9.53 Å². The van der Waals surface area contributed by atoms with Gasteiger partial charge in [0, 0.05) is 23.1 Å². The summed E-state index contributed by atoms with van der Waals surface area (Å²) in [5.74, 6) is 0.0403. The van der Waals surface area contributed by atoms with Crippen LogP contribution in [0.5, 0.6) is 0 Å². The number of Topliss-reactive ketones (excluding diaryl/α,β-unsaturated/α-hetero) is 1. The monoisotopic (exact) mass is 302 g/mol. The van der Waals surface area contributed by atoms with Gasteiger partial charge in [-0.1, -0.05) is 50.0 Å². The summed E-state index contributed by atoms with van der Waals surface area (Å²) in [6.07, 6.45) is -0.165. The molecule has 0 aromatic heterocycles. The lowest BCUT2D eigenvalue weighted by Crippen LogP contribution is -2.38. The zero-order chi connectivity index (χ0) is 14.6. The first-order chi connectivity index (χ1) is 8.75. The average molecular weight is 303 g/mol. The van der Waals surface area contributed by atoms with Crippen LogP contribution in [0.1, 0.15) is 33.3 Å². The van der Waals surface area contributed by atoms with Gasteiger partial charge in [0.05, 0.1) is 0 Å². The molecule has 1 aromatic carbocycles. The highest BCUT2D eigenvalue weighted by Crippen LogP contribution is 2.27. The number of ether oxygens (including phenoxy) is 1. The molecule has 0 aliphatic rings. The van der Waals surface area contributed by atoms with E-state index in [1.165, 1.54) is 0 Å². The average Bonchev–Trinajstić information content (AvgIpc) is 2.28. The first-order valence-electron chi connectivity index (χ1n) is 6.34. The predicted octanol–water partition coefficient (Wildman–Crippen LogP) is 4.56. The molecule has 1 atom stereocenters. The quantitative estimate of drug-likeness (QED) is 0.797. The molecule has 0 amide bonds. The van der Waals surface area contributed by atoms with Crippen molar-refractivity contribution in [3.05, 3.63) is 33.8 Å². The molecular formula is C15H20Cl2O2. The second-order valence-electron chi connectivity index (χ2n) is 5.58. The molecule has 0 N–H and O–H groups in total. The Morgan fingerprint density at radius 2 is 1.95 bits per heavy atom. The topological polar surface area (TPSA) is 26.3 Å². The van der Waals surface area contributed by atoms with Crippen molar-refractivity contribution in [1.29, 1.82) is 0 Å². The van der Waals surface area contributed by atoms with E-state index in [1.54, 1.807) is 18.2 Å². The number of rotatable bonds is 5. The summed E-state index contributed by atoms with van der Waals surface area (Å²) < 4.78 is 5.59. The van der Waals surface area contributed by atoms with E-state index < -0.39 is 6.10 Å². The molecule has 106 valence electrons. The summed E-state index contributed by atoms with van der Waals surface area (Å²) in [4.78, 5) is 12.4. The normalized spacial score (nSPS) is 13.4. The maximum absolute atomic E-state index is 12.4. The Balaban J connectivity index is 2.87. The summed E-state index contributed by atoms with van der Waals surface area (Å²) >= 11 is 11.9. The van der Waals surface area contributed by atoms with Crippen LogP contribution in [0.4, 0.5) is 0 Å². The molecule has 1 unspecified atom stereocenters. The molecule has 0 aliphatic heterocycles. The third kappa shape index (κ3) is 4.79. The van der Waals surface area contributed by atoms with Crippen LogP contribution in [0.15, 0.2) is 18.2 Å². The fraction of sp³-hybridized carbons (Fsp3) is 0.533. The van der Waals surface area contributed by atoms with Gasteiger partial charge >= 0.3 is 0 Å². The molecular weight excluding hydrogens is 283 g/mol. The van der Waals surface area contributed by atoms with E-state index in [9.17, 15) is 4.79 Å². The first kappa shape index (κ1) is 16.5. The maximum atomic E-state index is 12.4. The predicted molar refractivity (Wildman–Crippen MR) is 80.0 cm³/mol. The third-order valence-corrected chi connectivity index (χ3v) is 3.38. The number of hydrogen-bond acceptors (Lipinski definition) is 2. The zero-order valence-corrected chi connectivity index (χ0v) is 13.3. The molecule has 0 radical (unpaired) electrons. The van der Waals surface area contributed by atoms with E-state index in [-0.39, 0.29) is 17.6 Å². The van der Waals surface area contributed by atoms with Gasteiger partial charge in [0.25, 0.3) is 0 Å². The van der Waals surface area contributed by atoms with E-state index in [1.807, 2.05) is 27.7 Å². The van der Waals surface area contributed by atoms with Crippen molar-refractivity contribution in [3.8, 4) is 0 Å². The fourth-order valence-corrected chi connectivity index (χ4v) is 2.41. The number of halogens is 2. The van der Waals surface area contributed by atoms with Crippen LogP contribution in [-0.2, 0) is 16.0 Å². The Morgan fingerprint density at radius 3 is 2.42 bits per heavy atom. The summed E-state index contributed by atoms with van der Waals surface area (Å²) in [7, 11) is 0. The van der Waals surface area contributed by atoms with Crippen LogP contribution in [0.25, 0.3) is 0 Å². The van der Waals surface area contributed by atoms with Gasteiger partial charge in [-0.3, -0.25) is 4.79 Å². The summed E-state index contributed by atoms with van der Waals surface area (Å²) in [6, 6.07) is 5.18. The first-order valence-corrected chi connectivity index (χ1v) is 7.09. The Kier molecular flexibility index (Phi) is 5.84. The number of carbonyl (C=O) groups excluding carboxylic acids is 1. The smallest absolute Gasteiger partial charge is 0.166 e. The number of ketones is 1. The van der Waals surface area contributed by atoms with Gasteiger partial charge in [-0.2, -0.15) is 0 Å². The van der Waals surface area contributed by atoms with E-state index in [4.69, 9.17) is 27.9 Å². The molecule has 0 spiro atoms. The Labute approximate surface area is 125 Å². The van der Waals surface area contributed by atoms with E-state index in [0.29, 0.717) is 16.7 Å². The highest BCUT2D eigenvalue weighted by Gasteiger charge is 2.31. The Morgan fingerprint density at radius 1 is 1.32 bits per heavy atom. The minimum absolute atomic E-state index is 0.0403. The molecule has 19 heavy (non-hydrogen) atoms.